The van der Waals surface area contributed by atoms with Crippen LogP contribution in [-0.4, -0.2) is 17.3 Å². The minimum absolute atomic E-state index is 0.127. The lowest BCUT2D eigenvalue weighted by Gasteiger charge is -2.08. The average molecular weight is 247 g/mol. The van der Waals surface area contributed by atoms with Gasteiger partial charge in [0.05, 0.1) is 5.56 Å². The van der Waals surface area contributed by atoms with Gasteiger partial charge in [0.15, 0.2) is 0 Å². The molecule has 2 aromatic rings. The highest BCUT2D eigenvalue weighted by Gasteiger charge is 2.18. The summed E-state index contributed by atoms with van der Waals surface area (Å²) in [5.74, 6) is 0.999. The number of nitrogen functional groups attached to an aromatic ring is 1. The van der Waals surface area contributed by atoms with Crippen molar-refractivity contribution in [3.05, 3.63) is 30.1 Å². The molecule has 1 aromatic carbocycles. The summed E-state index contributed by atoms with van der Waals surface area (Å²) in [5.41, 5.74) is 7.24. The normalized spacial score (nSPS) is 12.6. The first-order valence-electron chi connectivity index (χ1n) is 5.97. The van der Waals surface area contributed by atoms with Crippen molar-refractivity contribution in [3.63, 3.8) is 0 Å². The van der Waals surface area contributed by atoms with E-state index in [1.54, 1.807) is 13.2 Å². The third-order valence-corrected chi connectivity index (χ3v) is 2.76. The maximum absolute atomic E-state index is 5.87. The van der Waals surface area contributed by atoms with E-state index in [2.05, 4.69) is 17.1 Å². The molecule has 1 aromatic heterocycles. The van der Waals surface area contributed by atoms with Gasteiger partial charge in [0.2, 0.25) is 5.82 Å². The summed E-state index contributed by atoms with van der Waals surface area (Å²) >= 11 is 0. The van der Waals surface area contributed by atoms with Crippen molar-refractivity contribution in [3.8, 4) is 11.5 Å². The van der Waals surface area contributed by atoms with Crippen LogP contribution in [-0.2, 0) is 4.74 Å². The highest BCUT2D eigenvalue weighted by molar-refractivity contribution is 5.69. The lowest BCUT2D eigenvalue weighted by atomic mass is 10.2. The van der Waals surface area contributed by atoms with Gasteiger partial charge in [-0.05, 0) is 18.6 Å². The smallest absolute Gasteiger partial charge is 0.260 e. The molecule has 0 aliphatic heterocycles. The summed E-state index contributed by atoms with van der Waals surface area (Å²) < 4.78 is 10.6. The SMILES string of the molecule is CCCC(OC)c1noc(-c2ccccc2N)n1. The van der Waals surface area contributed by atoms with E-state index in [0.717, 1.165) is 18.4 Å². The molecule has 0 amide bonds. The van der Waals surface area contributed by atoms with Crippen LogP contribution in [0.1, 0.15) is 31.7 Å². The monoisotopic (exact) mass is 247 g/mol. The standard InChI is InChI=1S/C13H17N3O2/c1-3-6-11(17-2)12-15-13(18-16-12)9-7-4-5-8-10(9)14/h4-5,7-8,11H,3,6,14H2,1-2H3. The second-order valence-electron chi connectivity index (χ2n) is 4.06. The van der Waals surface area contributed by atoms with Crippen molar-refractivity contribution >= 4 is 5.69 Å². The number of ether oxygens (including phenoxy) is 1. The van der Waals surface area contributed by atoms with Crippen LogP contribution in [0.15, 0.2) is 28.8 Å². The number of hydrogen-bond donors (Lipinski definition) is 1. The van der Waals surface area contributed by atoms with Crippen molar-refractivity contribution in [2.45, 2.75) is 25.9 Å². The number of anilines is 1. The molecule has 2 rings (SSSR count). The molecular weight excluding hydrogens is 230 g/mol. The Balaban J connectivity index is 2.28. The number of methoxy groups -OCH3 is 1. The molecule has 0 aliphatic carbocycles. The minimum atomic E-state index is -0.127. The molecule has 0 saturated carbocycles. The first kappa shape index (κ1) is 12.6. The summed E-state index contributed by atoms with van der Waals surface area (Å²) in [5, 5.41) is 3.96. The van der Waals surface area contributed by atoms with E-state index in [1.807, 2.05) is 18.2 Å². The average Bonchev–Trinajstić information content (AvgIpc) is 2.85. The van der Waals surface area contributed by atoms with Crippen LogP contribution in [0.2, 0.25) is 0 Å². The van der Waals surface area contributed by atoms with Crippen molar-refractivity contribution in [1.82, 2.24) is 10.1 Å². The van der Waals surface area contributed by atoms with Gasteiger partial charge in [0.25, 0.3) is 5.89 Å². The van der Waals surface area contributed by atoms with Crippen LogP contribution in [0.5, 0.6) is 0 Å². The fourth-order valence-corrected chi connectivity index (χ4v) is 1.78. The summed E-state index contributed by atoms with van der Waals surface area (Å²) in [6, 6.07) is 7.41. The zero-order valence-electron chi connectivity index (χ0n) is 10.6. The zero-order chi connectivity index (χ0) is 13.0. The number of benzene rings is 1. The van der Waals surface area contributed by atoms with Gasteiger partial charge in [-0.15, -0.1) is 0 Å². The molecule has 1 atom stereocenters. The van der Waals surface area contributed by atoms with E-state index < -0.39 is 0 Å². The van der Waals surface area contributed by atoms with Crippen molar-refractivity contribution in [1.29, 1.82) is 0 Å². The molecule has 0 radical (unpaired) electrons. The summed E-state index contributed by atoms with van der Waals surface area (Å²) in [7, 11) is 1.65. The van der Waals surface area contributed by atoms with Crippen LogP contribution in [0, 0.1) is 0 Å². The number of nitrogens with two attached hydrogens (primary N) is 1. The van der Waals surface area contributed by atoms with Gasteiger partial charge in [0, 0.05) is 12.8 Å². The number of hydrogen-bond acceptors (Lipinski definition) is 5. The van der Waals surface area contributed by atoms with Gasteiger partial charge >= 0.3 is 0 Å². The van der Waals surface area contributed by atoms with E-state index in [0.29, 0.717) is 17.4 Å². The number of para-hydroxylation sites is 1. The highest BCUT2D eigenvalue weighted by Crippen LogP contribution is 2.26. The molecule has 18 heavy (non-hydrogen) atoms. The molecule has 0 fully saturated rings. The van der Waals surface area contributed by atoms with Crippen LogP contribution < -0.4 is 5.73 Å². The van der Waals surface area contributed by atoms with E-state index >= 15 is 0 Å². The van der Waals surface area contributed by atoms with Crippen LogP contribution in [0.4, 0.5) is 5.69 Å². The fraction of sp³-hybridized carbons (Fsp3) is 0.385. The lowest BCUT2D eigenvalue weighted by molar-refractivity contribution is 0.0854. The first-order valence-corrected chi connectivity index (χ1v) is 5.97. The summed E-state index contributed by atoms with van der Waals surface area (Å²) in [6.45, 7) is 2.09. The van der Waals surface area contributed by atoms with Crippen molar-refractivity contribution < 1.29 is 9.26 Å². The number of nitrogens with zero attached hydrogens (tertiary/aromatic N) is 2. The van der Waals surface area contributed by atoms with Gasteiger partial charge in [0.1, 0.15) is 6.10 Å². The maximum Gasteiger partial charge on any atom is 0.260 e. The topological polar surface area (TPSA) is 74.2 Å². The van der Waals surface area contributed by atoms with Gasteiger partial charge in [-0.1, -0.05) is 30.6 Å². The van der Waals surface area contributed by atoms with Crippen molar-refractivity contribution in [2.24, 2.45) is 0 Å². The molecule has 5 nitrogen and oxygen atoms in total. The van der Waals surface area contributed by atoms with E-state index in [-0.39, 0.29) is 6.10 Å². The second-order valence-corrected chi connectivity index (χ2v) is 4.06. The predicted octanol–water partition coefficient (Wildman–Crippen LogP) is 2.81. The zero-order valence-corrected chi connectivity index (χ0v) is 10.6. The Hall–Kier alpha value is -1.88. The van der Waals surface area contributed by atoms with E-state index in [4.69, 9.17) is 15.0 Å². The maximum atomic E-state index is 5.87. The fourth-order valence-electron chi connectivity index (χ4n) is 1.78. The van der Waals surface area contributed by atoms with Crippen LogP contribution in [0.3, 0.4) is 0 Å². The predicted molar refractivity (Wildman–Crippen MR) is 68.8 cm³/mol. The lowest BCUT2D eigenvalue weighted by Crippen LogP contribution is -2.03. The largest absolute Gasteiger partial charge is 0.398 e. The van der Waals surface area contributed by atoms with Gasteiger partial charge in [-0.2, -0.15) is 4.98 Å². The van der Waals surface area contributed by atoms with Crippen LogP contribution in [0.25, 0.3) is 11.5 Å². The summed E-state index contributed by atoms with van der Waals surface area (Å²) in [4.78, 5) is 4.35. The third-order valence-electron chi connectivity index (χ3n) is 2.76. The van der Waals surface area contributed by atoms with E-state index in [9.17, 15) is 0 Å². The molecule has 1 heterocycles. The highest BCUT2D eigenvalue weighted by atomic mass is 16.5. The van der Waals surface area contributed by atoms with Gasteiger partial charge < -0.3 is 15.0 Å². The molecular formula is C13H17N3O2. The molecule has 0 bridgehead atoms. The quantitative estimate of drug-likeness (QED) is 0.822. The molecule has 0 aliphatic rings. The number of aromatic nitrogens is 2. The summed E-state index contributed by atoms with van der Waals surface area (Å²) in [6.07, 6.45) is 1.73. The number of rotatable bonds is 5. The Morgan fingerprint density at radius 2 is 2.17 bits per heavy atom. The molecule has 0 saturated heterocycles. The van der Waals surface area contributed by atoms with Crippen molar-refractivity contribution in [2.75, 3.05) is 12.8 Å². The van der Waals surface area contributed by atoms with E-state index in [1.165, 1.54) is 0 Å². The Kier molecular flexibility index (Phi) is 3.94. The molecule has 2 N–H and O–H groups in total. The Morgan fingerprint density at radius 1 is 1.39 bits per heavy atom. The minimum Gasteiger partial charge on any atom is -0.398 e. The Labute approximate surface area is 106 Å². The van der Waals surface area contributed by atoms with Gasteiger partial charge in [-0.25, -0.2) is 0 Å². The molecule has 96 valence electrons. The van der Waals surface area contributed by atoms with Gasteiger partial charge in [-0.3, -0.25) is 0 Å². The Morgan fingerprint density at radius 3 is 2.83 bits per heavy atom. The molecule has 5 heteroatoms. The first-order chi connectivity index (χ1) is 8.76. The Bertz CT molecular complexity index is 510. The molecule has 0 spiro atoms. The van der Waals surface area contributed by atoms with Crippen LogP contribution >= 0.6 is 0 Å². The third kappa shape index (κ3) is 2.51. The molecule has 1 unspecified atom stereocenters. The second kappa shape index (κ2) is 5.64.